The van der Waals surface area contributed by atoms with Crippen LogP contribution in [0, 0.1) is 0 Å². The molecule has 3 nitrogen and oxygen atoms in total. The van der Waals surface area contributed by atoms with Gasteiger partial charge in [-0.15, -0.1) is 0 Å². The van der Waals surface area contributed by atoms with E-state index in [-0.39, 0.29) is 0 Å². The van der Waals surface area contributed by atoms with Crippen molar-refractivity contribution in [1.82, 2.24) is 15.0 Å². The molecule has 52 heavy (non-hydrogen) atoms. The molecule has 242 valence electrons. The van der Waals surface area contributed by atoms with Crippen LogP contribution in [0.3, 0.4) is 0 Å². The first-order valence-electron chi connectivity index (χ1n) is 17.6. The molecule has 0 aliphatic carbocycles. The zero-order valence-electron chi connectivity index (χ0n) is 28.2. The van der Waals surface area contributed by atoms with E-state index in [9.17, 15) is 0 Å². The van der Waals surface area contributed by atoms with Gasteiger partial charge in [0.1, 0.15) is 0 Å². The predicted octanol–water partition coefficient (Wildman–Crippen LogP) is 12.8. The van der Waals surface area contributed by atoms with Crippen molar-refractivity contribution in [3.63, 3.8) is 0 Å². The van der Waals surface area contributed by atoms with E-state index in [1.165, 1.54) is 54.6 Å². The Hall–Kier alpha value is -6.97. The summed E-state index contributed by atoms with van der Waals surface area (Å²) in [5.41, 5.74) is 11.9. The summed E-state index contributed by atoms with van der Waals surface area (Å²) in [7, 11) is 0. The van der Waals surface area contributed by atoms with E-state index in [4.69, 9.17) is 9.97 Å². The number of hydrogen-bond donors (Lipinski definition) is 0. The lowest BCUT2D eigenvalue weighted by molar-refractivity contribution is 1.18. The highest BCUT2D eigenvalue weighted by atomic mass is 14.9. The lowest BCUT2D eigenvalue weighted by Gasteiger charge is -2.16. The second-order valence-corrected chi connectivity index (χ2v) is 13.3. The van der Waals surface area contributed by atoms with E-state index >= 15 is 0 Å². The van der Waals surface area contributed by atoms with Crippen LogP contribution in [0.25, 0.3) is 99.6 Å². The zero-order valence-corrected chi connectivity index (χ0v) is 28.2. The van der Waals surface area contributed by atoms with E-state index in [1.807, 2.05) is 30.5 Å². The highest BCUT2D eigenvalue weighted by molar-refractivity contribution is 6.26. The molecule has 10 aromatic rings. The fraction of sp³-hybridized carbons (Fsp3) is 0. The summed E-state index contributed by atoms with van der Waals surface area (Å²) in [6.07, 6.45) is 3.68. The molecule has 0 aliphatic rings. The molecule has 0 atom stereocenters. The summed E-state index contributed by atoms with van der Waals surface area (Å²) >= 11 is 0. The van der Waals surface area contributed by atoms with E-state index in [2.05, 4.69) is 157 Å². The largest absolute Gasteiger partial charge is 0.264 e. The molecule has 0 saturated carbocycles. The van der Waals surface area contributed by atoms with Crippen LogP contribution in [-0.4, -0.2) is 15.0 Å². The van der Waals surface area contributed by atoms with Crippen LogP contribution in [0.2, 0.25) is 0 Å². The summed E-state index contributed by atoms with van der Waals surface area (Å²) in [4.78, 5) is 14.4. The maximum Gasteiger partial charge on any atom is 0.160 e. The number of nitrogens with zero attached hydrogens (tertiary/aromatic N) is 3. The Morgan fingerprint density at radius 2 is 0.865 bits per heavy atom. The Kier molecular flexibility index (Phi) is 7.14. The molecule has 0 unspecified atom stereocenters. The highest BCUT2D eigenvalue weighted by Crippen LogP contribution is 2.41. The van der Waals surface area contributed by atoms with Gasteiger partial charge in [0.05, 0.1) is 11.4 Å². The Bertz CT molecular complexity index is 2830. The van der Waals surface area contributed by atoms with Crippen LogP contribution in [0.1, 0.15) is 0 Å². The van der Waals surface area contributed by atoms with E-state index in [1.54, 1.807) is 6.20 Å². The van der Waals surface area contributed by atoms with Gasteiger partial charge in [0.2, 0.25) is 0 Å². The molecule has 2 aromatic heterocycles. The molecule has 0 aliphatic heterocycles. The second kappa shape index (κ2) is 12.4. The first kappa shape index (κ1) is 29.9. The third-order valence-electron chi connectivity index (χ3n) is 10.1. The number of aromatic nitrogens is 3. The molecule has 0 radical (unpaired) electrons. The molecule has 3 heteroatoms. The first-order chi connectivity index (χ1) is 25.7. The Labute approximate surface area is 301 Å². The average molecular weight is 662 g/mol. The molecular formula is C49H31N3. The normalized spacial score (nSPS) is 11.5. The average Bonchev–Trinajstić information content (AvgIpc) is 3.23. The molecule has 0 spiro atoms. The van der Waals surface area contributed by atoms with Crippen LogP contribution in [0.5, 0.6) is 0 Å². The third kappa shape index (κ3) is 5.28. The Morgan fingerprint density at radius 1 is 0.327 bits per heavy atom. The van der Waals surface area contributed by atoms with Crippen LogP contribution >= 0.6 is 0 Å². The minimum atomic E-state index is 0.695. The molecule has 8 aromatic carbocycles. The van der Waals surface area contributed by atoms with Crippen molar-refractivity contribution in [1.29, 1.82) is 0 Å². The van der Waals surface area contributed by atoms with Crippen molar-refractivity contribution in [3.8, 4) is 67.3 Å². The summed E-state index contributed by atoms with van der Waals surface area (Å²) < 4.78 is 0. The minimum Gasteiger partial charge on any atom is -0.264 e. The summed E-state index contributed by atoms with van der Waals surface area (Å²) in [6, 6.07) is 62.6. The smallest absolute Gasteiger partial charge is 0.160 e. The fourth-order valence-corrected chi connectivity index (χ4v) is 7.52. The van der Waals surface area contributed by atoms with Crippen LogP contribution < -0.4 is 0 Å². The fourth-order valence-electron chi connectivity index (χ4n) is 7.52. The molecule has 10 rings (SSSR count). The van der Waals surface area contributed by atoms with Gasteiger partial charge in [-0.3, -0.25) is 4.98 Å². The number of hydrogen-bond acceptors (Lipinski definition) is 3. The van der Waals surface area contributed by atoms with Crippen molar-refractivity contribution in [2.45, 2.75) is 0 Å². The number of benzene rings is 8. The molecule has 2 heterocycles. The molecular weight excluding hydrogens is 631 g/mol. The molecule has 0 amide bonds. The molecule has 0 fully saturated rings. The Balaban J connectivity index is 1.04. The van der Waals surface area contributed by atoms with Crippen molar-refractivity contribution in [2.75, 3.05) is 0 Å². The van der Waals surface area contributed by atoms with Gasteiger partial charge in [0.25, 0.3) is 0 Å². The SMILES string of the molecule is c1ccc(-c2cc3ccc4ccc(-c5ccc(-c6cc(-c7ccccc7)nc(-c7ccc(-c8cccnc8)cc7)n6)cc5)c5ccc(c2)c3c45)cc1. The standard InChI is InChI=1S/C49H31N3/c1-3-8-32(9-4-1)42-28-39-22-19-37-23-25-43(44-26-24-40(29-42)47(39)48(37)44)34-15-17-36(18-16-34)46-30-45(35-10-5-2-6-11-35)51-49(52-46)38-20-13-33(14-21-38)41-12-7-27-50-31-41/h1-31H. The predicted molar refractivity (Wildman–Crippen MR) is 216 cm³/mol. The van der Waals surface area contributed by atoms with Crippen molar-refractivity contribution >= 4 is 32.3 Å². The zero-order chi connectivity index (χ0) is 34.4. The van der Waals surface area contributed by atoms with Gasteiger partial charge in [-0.25, -0.2) is 9.97 Å². The van der Waals surface area contributed by atoms with Gasteiger partial charge in [0.15, 0.2) is 5.82 Å². The third-order valence-corrected chi connectivity index (χ3v) is 10.1. The van der Waals surface area contributed by atoms with Crippen LogP contribution in [0.4, 0.5) is 0 Å². The van der Waals surface area contributed by atoms with E-state index < -0.39 is 0 Å². The molecule has 0 bridgehead atoms. The topological polar surface area (TPSA) is 38.7 Å². The molecule has 0 saturated heterocycles. The van der Waals surface area contributed by atoms with E-state index in [0.717, 1.165) is 39.2 Å². The van der Waals surface area contributed by atoms with Crippen LogP contribution in [-0.2, 0) is 0 Å². The lowest BCUT2D eigenvalue weighted by Crippen LogP contribution is -1.96. The first-order valence-corrected chi connectivity index (χ1v) is 17.6. The maximum absolute atomic E-state index is 5.12. The minimum absolute atomic E-state index is 0.695. The van der Waals surface area contributed by atoms with Crippen LogP contribution in [0.15, 0.2) is 188 Å². The van der Waals surface area contributed by atoms with Gasteiger partial charge in [-0.1, -0.05) is 152 Å². The van der Waals surface area contributed by atoms with Crippen molar-refractivity contribution in [3.05, 3.63) is 188 Å². The summed E-state index contributed by atoms with van der Waals surface area (Å²) in [5.74, 6) is 0.695. The van der Waals surface area contributed by atoms with Gasteiger partial charge < -0.3 is 0 Å². The Morgan fingerprint density at radius 3 is 1.56 bits per heavy atom. The lowest BCUT2D eigenvalue weighted by atomic mass is 9.88. The van der Waals surface area contributed by atoms with Gasteiger partial charge in [-0.2, -0.15) is 0 Å². The second-order valence-electron chi connectivity index (χ2n) is 13.3. The van der Waals surface area contributed by atoms with Gasteiger partial charge >= 0.3 is 0 Å². The monoisotopic (exact) mass is 661 g/mol. The van der Waals surface area contributed by atoms with E-state index in [0.29, 0.717) is 5.82 Å². The maximum atomic E-state index is 5.12. The van der Waals surface area contributed by atoms with Crippen molar-refractivity contribution < 1.29 is 0 Å². The number of rotatable bonds is 6. The van der Waals surface area contributed by atoms with Gasteiger partial charge in [0, 0.05) is 29.1 Å². The highest BCUT2D eigenvalue weighted by Gasteiger charge is 2.15. The summed E-state index contributed by atoms with van der Waals surface area (Å²) in [6.45, 7) is 0. The number of pyridine rings is 1. The van der Waals surface area contributed by atoms with Gasteiger partial charge in [-0.05, 0) is 90.0 Å². The van der Waals surface area contributed by atoms with Crippen molar-refractivity contribution in [2.24, 2.45) is 0 Å². The summed E-state index contributed by atoms with van der Waals surface area (Å²) in [5, 5.41) is 7.70. The quantitative estimate of drug-likeness (QED) is 0.166. The molecule has 0 N–H and O–H groups in total.